The Hall–Kier alpha value is -2.21. The third-order valence-electron chi connectivity index (χ3n) is 5.49. The van der Waals surface area contributed by atoms with Crippen LogP contribution in [0.2, 0.25) is 0 Å². The predicted molar refractivity (Wildman–Crippen MR) is 94.6 cm³/mol. The number of imidazole rings is 1. The summed E-state index contributed by atoms with van der Waals surface area (Å²) in [6, 6.07) is 6.37. The largest absolute Gasteiger partial charge is 0.348 e. The molecule has 2 atom stereocenters. The van der Waals surface area contributed by atoms with Gasteiger partial charge in [0.15, 0.2) is 0 Å². The SMILES string of the molecule is O=C1CC[C@H]2CN(Cc3ncc[nH]3)CC[C@H]2N1CCc1ccccn1. The van der Waals surface area contributed by atoms with Crippen LogP contribution in [0.3, 0.4) is 0 Å². The average molecular weight is 339 g/mol. The van der Waals surface area contributed by atoms with Crippen LogP contribution >= 0.6 is 0 Å². The van der Waals surface area contributed by atoms with E-state index in [0.29, 0.717) is 24.3 Å². The lowest BCUT2D eigenvalue weighted by Gasteiger charge is -2.47. The number of nitrogens with one attached hydrogen (secondary N) is 1. The summed E-state index contributed by atoms with van der Waals surface area (Å²) in [5.41, 5.74) is 1.06. The highest BCUT2D eigenvalue weighted by Crippen LogP contribution is 2.31. The topological polar surface area (TPSA) is 65.1 Å². The Morgan fingerprint density at radius 3 is 2.96 bits per heavy atom. The molecule has 6 heteroatoms. The molecule has 2 aliphatic rings. The highest BCUT2D eigenvalue weighted by Gasteiger charge is 2.39. The van der Waals surface area contributed by atoms with Gasteiger partial charge in [-0.25, -0.2) is 4.98 Å². The molecule has 0 aliphatic carbocycles. The quantitative estimate of drug-likeness (QED) is 0.903. The fourth-order valence-corrected chi connectivity index (χ4v) is 4.24. The van der Waals surface area contributed by atoms with E-state index in [0.717, 1.165) is 57.0 Å². The number of rotatable bonds is 5. The van der Waals surface area contributed by atoms with E-state index in [1.165, 1.54) is 0 Å². The van der Waals surface area contributed by atoms with E-state index in [2.05, 4.69) is 24.8 Å². The lowest BCUT2D eigenvalue weighted by atomic mass is 9.83. The molecule has 2 aromatic heterocycles. The van der Waals surface area contributed by atoms with Gasteiger partial charge >= 0.3 is 0 Å². The van der Waals surface area contributed by atoms with Crippen LogP contribution in [0.25, 0.3) is 0 Å². The number of carbonyl (C=O) groups is 1. The Morgan fingerprint density at radius 2 is 2.16 bits per heavy atom. The van der Waals surface area contributed by atoms with E-state index in [-0.39, 0.29) is 0 Å². The van der Waals surface area contributed by atoms with Crippen molar-refractivity contribution in [1.82, 2.24) is 24.8 Å². The summed E-state index contributed by atoms with van der Waals surface area (Å²) in [7, 11) is 0. The lowest BCUT2D eigenvalue weighted by Crippen LogP contribution is -2.56. The van der Waals surface area contributed by atoms with E-state index in [1.54, 1.807) is 6.20 Å². The van der Waals surface area contributed by atoms with Gasteiger partial charge in [0, 0.05) is 62.8 Å². The number of hydrogen-bond acceptors (Lipinski definition) is 4. The van der Waals surface area contributed by atoms with Gasteiger partial charge in [-0.1, -0.05) is 6.07 Å². The molecule has 1 N–H and O–H groups in total. The second-order valence-electron chi connectivity index (χ2n) is 7.08. The number of aromatic amines is 1. The number of hydrogen-bond donors (Lipinski definition) is 1. The summed E-state index contributed by atoms with van der Waals surface area (Å²) in [5.74, 6) is 1.92. The number of amides is 1. The van der Waals surface area contributed by atoms with E-state index >= 15 is 0 Å². The van der Waals surface area contributed by atoms with Gasteiger partial charge in [0.25, 0.3) is 0 Å². The maximum atomic E-state index is 12.5. The van der Waals surface area contributed by atoms with Crippen LogP contribution in [0, 0.1) is 5.92 Å². The van der Waals surface area contributed by atoms with E-state index < -0.39 is 0 Å². The molecule has 2 aromatic rings. The molecule has 6 nitrogen and oxygen atoms in total. The maximum Gasteiger partial charge on any atom is 0.222 e. The molecule has 4 rings (SSSR count). The second kappa shape index (κ2) is 7.35. The molecule has 132 valence electrons. The molecule has 4 heterocycles. The van der Waals surface area contributed by atoms with Crippen LogP contribution < -0.4 is 0 Å². The molecule has 0 bridgehead atoms. The molecule has 0 unspecified atom stereocenters. The van der Waals surface area contributed by atoms with Gasteiger partial charge in [-0.05, 0) is 30.9 Å². The van der Waals surface area contributed by atoms with E-state index in [4.69, 9.17) is 0 Å². The third-order valence-corrected chi connectivity index (χ3v) is 5.49. The fourth-order valence-electron chi connectivity index (χ4n) is 4.24. The second-order valence-corrected chi connectivity index (χ2v) is 7.08. The van der Waals surface area contributed by atoms with Crippen LogP contribution in [0.15, 0.2) is 36.8 Å². The van der Waals surface area contributed by atoms with Gasteiger partial charge in [-0.15, -0.1) is 0 Å². The first-order valence-electron chi connectivity index (χ1n) is 9.19. The van der Waals surface area contributed by atoms with Gasteiger partial charge in [-0.3, -0.25) is 14.7 Å². The van der Waals surface area contributed by atoms with Crippen molar-refractivity contribution >= 4 is 5.91 Å². The minimum Gasteiger partial charge on any atom is -0.348 e. The molecule has 2 fully saturated rings. The van der Waals surface area contributed by atoms with Crippen molar-refractivity contribution in [3.63, 3.8) is 0 Å². The van der Waals surface area contributed by atoms with Crippen molar-refractivity contribution in [2.75, 3.05) is 19.6 Å². The van der Waals surface area contributed by atoms with Crippen LogP contribution in [0.1, 0.15) is 30.8 Å². The summed E-state index contributed by atoms with van der Waals surface area (Å²) in [6.45, 7) is 3.74. The zero-order valence-corrected chi connectivity index (χ0v) is 14.5. The zero-order chi connectivity index (χ0) is 17.1. The number of piperidine rings is 2. The van der Waals surface area contributed by atoms with Crippen LogP contribution in [0.4, 0.5) is 0 Å². The molecule has 2 saturated heterocycles. The Kier molecular flexibility index (Phi) is 4.78. The summed E-state index contributed by atoms with van der Waals surface area (Å²) < 4.78 is 0. The highest BCUT2D eigenvalue weighted by atomic mass is 16.2. The van der Waals surface area contributed by atoms with Crippen molar-refractivity contribution < 1.29 is 4.79 Å². The van der Waals surface area contributed by atoms with Crippen LogP contribution in [-0.2, 0) is 17.8 Å². The smallest absolute Gasteiger partial charge is 0.222 e. The van der Waals surface area contributed by atoms with Gasteiger partial charge < -0.3 is 9.88 Å². The standard InChI is InChI=1S/C19H25N5O/c25-19-5-4-15-13-23(14-18-21-9-10-22-18)11-7-17(15)24(19)12-6-16-3-1-2-8-20-16/h1-3,8-10,15,17H,4-7,11-14H2,(H,21,22)/t15-,17+/m0/s1. The highest BCUT2D eigenvalue weighted by molar-refractivity contribution is 5.77. The van der Waals surface area contributed by atoms with Crippen molar-refractivity contribution in [2.45, 2.75) is 38.3 Å². The number of fused-ring (bicyclic) bond motifs is 1. The Morgan fingerprint density at radius 1 is 1.20 bits per heavy atom. The normalized spacial score (nSPS) is 24.3. The Balaban J connectivity index is 1.37. The Labute approximate surface area is 148 Å². The fraction of sp³-hybridized carbons (Fsp3) is 0.526. The molecule has 2 aliphatic heterocycles. The first kappa shape index (κ1) is 16.3. The molecular formula is C19H25N5O. The molecular weight excluding hydrogens is 314 g/mol. The molecule has 0 aromatic carbocycles. The summed E-state index contributed by atoms with van der Waals surface area (Å²) in [5, 5.41) is 0. The molecule has 0 radical (unpaired) electrons. The maximum absolute atomic E-state index is 12.5. The molecule has 0 saturated carbocycles. The van der Waals surface area contributed by atoms with Crippen molar-refractivity contribution in [2.24, 2.45) is 5.92 Å². The first-order chi connectivity index (χ1) is 12.3. The average Bonchev–Trinajstić information content (AvgIpc) is 3.15. The molecule has 1 amide bonds. The first-order valence-corrected chi connectivity index (χ1v) is 9.19. The van der Waals surface area contributed by atoms with Gasteiger partial charge in [-0.2, -0.15) is 0 Å². The van der Waals surface area contributed by atoms with Crippen LogP contribution in [0.5, 0.6) is 0 Å². The number of carbonyl (C=O) groups excluding carboxylic acids is 1. The number of pyridine rings is 1. The Bertz CT molecular complexity index is 687. The van der Waals surface area contributed by atoms with Crippen molar-refractivity contribution in [3.8, 4) is 0 Å². The number of nitrogens with zero attached hydrogens (tertiary/aromatic N) is 4. The monoisotopic (exact) mass is 339 g/mol. The number of aromatic nitrogens is 3. The number of H-pyrrole nitrogens is 1. The van der Waals surface area contributed by atoms with Crippen molar-refractivity contribution in [1.29, 1.82) is 0 Å². The van der Waals surface area contributed by atoms with Gasteiger partial charge in [0.2, 0.25) is 5.91 Å². The van der Waals surface area contributed by atoms with Gasteiger partial charge in [0.1, 0.15) is 5.82 Å². The molecule has 25 heavy (non-hydrogen) atoms. The zero-order valence-electron chi connectivity index (χ0n) is 14.5. The van der Waals surface area contributed by atoms with Crippen LogP contribution in [-0.4, -0.2) is 56.3 Å². The van der Waals surface area contributed by atoms with Gasteiger partial charge in [0.05, 0.1) is 6.54 Å². The lowest BCUT2D eigenvalue weighted by molar-refractivity contribution is -0.141. The molecule has 0 spiro atoms. The third kappa shape index (κ3) is 3.74. The van der Waals surface area contributed by atoms with E-state index in [9.17, 15) is 4.79 Å². The summed E-state index contributed by atoms with van der Waals surface area (Å²) in [6.07, 6.45) is 9.09. The van der Waals surface area contributed by atoms with Crippen molar-refractivity contribution in [3.05, 3.63) is 48.3 Å². The number of likely N-dealkylation sites (tertiary alicyclic amines) is 2. The predicted octanol–water partition coefficient (Wildman–Crippen LogP) is 1.86. The minimum absolute atomic E-state index is 0.316. The summed E-state index contributed by atoms with van der Waals surface area (Å²) >= 11 is 0. The van der Waals surface area contributed by atoms with E-state index in [1.807, 2.05) is 30.6 Å². The summed E-state index contributed by atoms with van der Waals surface area (Å²) in [4.78, 5) is 29.0. The minimum atomic E-state index is 0.316.